The van der Waals surface area contributed by atoms with E-state index < -0.39 is 0 Å². The van der Waals surface area contributed by atoms with Crippen molar-refractivity contribution in [1.82, 2.24) is 0 Å². The largest absolute Gasteiger partial charge is 0.423 e. The standard InChI is InChI=1S/C18H16FNO2/c1-12-6-7-15-14(9-18(21)22-17(15)8-12)11-20-10-13-4-2-3-5-16(13)19/h2-9,20H,10-11H2,1H3/p+1. The van der Waals surface area contributed by atoms with Crippen LogP contribution in [-0.2, 0) is 13.1 Å². The number of halogens is 1. The molecule has 2 aromatic carbocycles. The molecule has 0 saturated heterocycles. The Labute approximate surface area is 127 Å². The summed E-state index contributed by atoms with van der Waals surface area (Å²) in [6, 6.07) is 14.0. The highest BCUT2D eigenvalue weighted by Gasteiger charge is 2.08. The van der Waals surface area contributed by atoms with Crippen molar-refractivity contribution in [3.63, 3.8) is 0 Å². The molecule has 3 aromatic rings. The summed E-state index contributed by atoms with van der Waals surface area (Å²) < 4.78 is 18.8. The van der Waals surface area contributed by atoms with Gasteiger partial charge in [-0.15, -0.1) is 0 Å². The quantitative estimate of drug-likeness (QED) is 0.752. The number of aryl methyl sites for hydroxylation is 1. The zero-order valence-electron chi connectivity index (χ0n) is 12.3. The smallest absolute Gasteiger partial charge is 0.336 e. The minimum absolute atomic E-state index is 0.202. The van der Waals surface area contributed by atoms with E-state index in [0.29, 0.717) is 24.2 Å². The summed E-state index contributed by atoms with van der Waals surface area (Å²) in [5.41, 5.74) is 2.85. The van der Waals surface area contributed by atoms with E-state index in [1.54, 1.807) is 12.1 Å². The lowest BCUT2D eigenvalue weighted by atomic mass is 10.1. The van der Waals surface area contributed by atoms with Crippen LogP contribution in [-0.4, -0.2) is 0 Å². The Morgan fingerprint density at radius 1 is 1.05 bits per heavy atom. The van der Waals surface area contributed by atoms with Crippen LogP contribution in [0.5, 0.6) is 0 Å². The first-order valence-corrected chi connectivity index (χ1v) is 7.22. The molecule has 2 N–H and O–H groups in total. The first-order chi connectivity index (χ1) is 10.6. The molecular formula is C18H17FNO2+. The van der Waals surface area contributed by atoms with Crippen LogP contribution >= 0.6 is 0 Å². The highest BCUT2D eigenvalue weighted by atomic mass is 19.1. The van der Waals surface area contributed by atoms with Crippen LogP contribution in [0.2, 0.25) is 0 Å². The zero-order chi connectivity index (χ0) is 15.5. The average Bonchev–Trinajstić information content (AvgIpc) is 2.48. The molecule has 0 bridgehead atoms. The molecule has 0 radical (unpaired) electrons. The SMILES string of the molecule is Cc1ccc2c(C[NH2+]Cc3ccccc3F)cc(=O)oc2c1. The molecule has 0 spiro atoms. The highest BCUT2D eigenvalue weighted by molar-refractivity contribution is 5.80. The zero-order valence-corrected chi connectivity index (χ0v) is 12.3. The predicted molar refractivity (Wildman–Crippen MR) is 83.0 cm³/mol. The number of rotatable bonds is 4. The Hall–Kier alpha value is -2.46. The number of nitrogens with two attached hydrogens (primary N) is 1. The Bertz CT molecular complexity index is 870. The molecule has 0 aliphatic rings. The maximum atomic E-state index is 13.6. The molecule has 0 aliphatic heterocycles. The van der Waals surface area contributed by atoms with Crippen LogP contribution in [0.3, 0.4) is 0 Å². The molecule has 3 rings (SSSR count). The Kier molecular flexibility index (Phi) is 4.02. The fourth-order valence-corrected chi connectivity index (χ4v) is 2.55. The lowest BCUT2D eigenvalue weighted by molar-refractivity contribution is -0.686. The van der Waals surface area contributed by atoms with E-state index in [2.05, 4.69) is 0 Å². The third-order valence-electron chi connectivity index (χ3n) is 3.67. The van der Waals surface area contributed by atoms with Crippen molar-refractivity contribution in [2.24, 2.45) is 0 Å². The molecule has 0 saturated carbocycles. The van der Waals surface area contributed by atoms with E-state index in [4.69, 9.17) is 4.42 Å². The molecule has 0 amide bonds. The van der Waals surface area contributed by atoms with E-state index in [-0.39, 0.29) is 11.4 Å². The van der Waals surface area contributed by atoms with Crippen molar-refractivity contribution >= 4 is 11.0 Å². The van der Waals surface area contributed by atoms with Crippen molar-refractivity contribution in [3.05, 3.63) is 81.5 Å². The van der Waals surface area contributed by atoms with E-state index in [0.717, 1.165) is 16.5 Å². The second-order valence-corrected chi connectivity index (χ2v) is 5.38. The van der Waals surface area contributed by atoms with Crippen LogP contribution in [0.15, 0.2) is 57.7 Å². The number of hydrogen-bond acceptors (Lipinski definition) is 2. The van der Waals surface area contributed by atoms with Gasteiger partial charge >= 0.3 is 5.63 Å². The fraction of sp³-hybridized carbons (Fsp3) is 0.167. The Balaban J connectivity index is 1.82. The molecule has 0 aliphatic carbocycles. The van der Waals surface area contributed by atoms with Crippen LogP contribution < -0.4 is 10.9 Å². The number of hydrogen-bond donors (Lipinski definition) is 1. The van der Waals surface area contributed by atoms with Crippen molar-refractivity contribution in [1.29, 1.82) is 0 Å². The summed E-state index contributed by atoms with van der Waals surface area (Å²) >= 11 is 0. The normalized spacial score (nSPS) is 11.0. The molecule has 1 aromatic heterocycles. The number of quaternary nitrogens is 1. The first kappa shape index (κ1) is 14.5. The maximum absolute atomic E-state index is 13.6. The lowest BCUT2D eigenvalue weighted by Gasteiger charge is -2.06. The van der Waals surface area contributed by atoms with Crippen LogP contribution in [0, 0.1) is 12.7 Å². The van der Waals surface area contributed by atoms with Crippen LogP contribution in [0.4, 0.5) is 4.39 Å². The summed E-state index contributed by atoms with van der Waals surface area (Å²) in [7, 11) is 0. The van der Waals surface area contributed by atoms with E-state index >= 15 is 0 Å². The van der Waals surface area contributed by atoms with Gasteiger partial charge < -0.3 is 9.73 Å². The van der Waals surface area contributed by atoms with Gasteiger partial charge in [-0.25, -0.2) is 9.18 Å². The highest BCUT2D eigenvalue weighted by Crippen LogP contribution is 2.17. The number of benzene rings is 2. The summed E-state index contributed by atoms with van der Waals surface area (Å²) in [6.45, 7) is 3.08. The van der Waals surface area contributed by atoms with Gasteiger partial charge in [-0.05, 0) is 24.6 Å². The molecule has 112 valence electrons. The topological polar surface area (TPSA) is 46.8 Å². The van der Waals surface area contributed by atoms with Gasteiger partial charge in [0.1, 0.15) is 24.5 Å². The summed E-state index contributed by atoms with van der Waals surface area (Å²) in [4.78, 5) is 11.7. The molecule has 22 heavy (non-hydrogen) atoms. The van der Waals surface area contributed by atoms with Gasteiger partial charge in [0.15, 0.2) is 0 Å². The Morgan fingerprint density at radius 2 is 1.82 bits per heavy atom. The Morgan fingerprint density at radius 3 is 2.64 bits per heavy atom. The third-order valence-corrected chi connectivity index (χ3v) is 3.67. The molecule has 1 heterocycles. The second kappa shape index (κ2) is 6.12. The number of fused-ring (bicyclic) bond motifs is 1. The van der Waals surface area contributed by atoms with Gasteiger partial charge in [-0.3, -0.25) is 0 Å². The lowest BCUT2D eigenvalue weighted by Crippen LogP contribution is -2.80. The summed E-state index contributed by atoms with van der Waals surface area (Å²) in [5.74, 6) is -0.202. The van der Waals surface area contributed by atoms with Crippen molar-refractivity contribution < 1.29 is 14.1 Å². The van der Waals surface area contributed by atoms with Crippen molar-refractivity contribution in [2.75, 3.05) is 0 Å². The van der Waals surface area contributed by atoms with Gasteiger partial charge in [0.05, 0.1) is 0 Å². The van der Waals surface area contributed by atoms with Crippen LogP contribution in [0.25, 0.3) is 11.0 Å². The molecule has 0 unspecified atom stereocenters. The first-order valence-electron chi connectivity index (χ1n) is 7.22. The molecule has 0 atom stereocenters. The maximum Gasteiger partial charge on any atom is 0.336 e. The van der Waals surface area contributed by atoms with Gasteiger partial charge in [0.25, 0.3) is 0 Å². The molecule has 0 fully saturated rings. The molecular weight excluding hydrogens is 281 g/mol. The third kappa shape index (κ3) is 3.07. The minimum Gasteiger partial charge on any atom is -0.423 e. The molecule has 4 heteroatoms. The van der Waals surface area contributed by atoms with Gasteiger partial charge in [-0.1, -0.05) is 30.3 Å². The van der Waals surface area contributed by atoms with E-state index in [9.17, 15) is 9.18 Å². The average molecular weight is 298 g/mol. The summed E-state index contributed by atoms with van der Waals surface area (Å²) in [5, 5.41) is 2.90. The molecule has 3 nitrogen and oxygen atoms in total. The van der Waals surface area contributed by atoms with Gasteiger partial charge in [0.2, 0.25) is 0 Å². The fourth-order valence-electron chi connectivity index (χ4n) is 2.55. The van der Waals surface area contributed by atoms with Crippen molar-refractivity contribution in [3.8, 4) is 0 Å². The van der Waals surface area contributed by atoms with Gasteiger partial charge in [-0.2, -0.15) is 0 Å². The predicted octanol–water partition coefficient (Wildman–Crippen LogP) is 2.50. The van der Waals surface area contributed by atoms with Crippen molar-refractivity contribution in [2.45, 2.75) is 20.0 Å². The monoisotopic (exact) mass is 298 g/mol. The van der Waals surface area contributed by atoms with E-state index in [1.165, 1.54) is 12.1 Å². The second-order valence-electron chi connectivity index (χ2n) is 5.38. The van der Waals surface area contributed by atoms with E-state index in [1.807, 2.05) is 36.5 Å². The summed E-state index contributed by atoms with van der Waals surface area (Å²) in [6.07, 6.45) is 0. The minimum atomic E-state index is -0.354. The van der Waals surface area contributed by atoms with Gasteiger partial charge in [0, 0.05) is 22.6 Å². The van der Waals surface area contributed by atoms with Crippen LogP contribution in [0.1, 0.15) is 16.7 Å².